The number of carboxylic acid groups (broad SMARTS) is 1. The number of likely N-dealkylation sites (N-methyl/N-ethyl adjacent to an activating group) is 1. The third-order valence-corrected chi connectivity index (χ3v) is 4.51. The number of aryl methyl sites for hydroxylation is 1. The average molecular weight is 403 g/mol. The Labute approximate surface area is 173 Å². The zero-order chi connectivity index (χ0) is 22.2. The number of nitrogens with zero attached hydrogens (tertiary/aromatic N) is 2. The molecule has 0 fully saturated rings. The predicted octanol–water partition coefficient (Wildman–Crippen LogP) is 1.58. The van der Waals surface area contributed by atoms with Crippen molar-refractivity contribution >= 4 is 17.9 Å². The van der Waals surface area contributed by atoms with Gasteiger partial charge in [0.15, 0.2) is 0 Å². The van der Waals surface area contributed by atoms with E-state index < -0.39 is 29.6 Å². The first-order valence-corrected chi connectivity index (χ1v) is 9.67. The van der Waals surface area contributed by atoms with E-state index in [4.69, 9.17) is 0 Å². The summed E-state index contributed by atoms with van der Waals surface area (Å²) in [6.45, 7) is 6.64. The minimum atomic E-state index is -1.40. The largest absolute Gasteiger partial charge is 0.530 e. The van der Waals surface area contributed by atoms with Gasteiger partial charge in [0.1, 0.15) is 12.1 Å². The fourth-order valence-corrected chi connectivity index (χ4v) is 2.96. The molecule has 0 aliphatic rings. The van der Waals surface area contributed by atoms with Crippen LogP contribution in [0.25, 0.3) is 0 Å². The Kier molecular flexibility index (Phi) is 8.88. The number of amides is 3. The fourth-order valence-electron chi connectivity index (χ4n) is 2.96. The Morgan fingerprint density at radius 2 is 1.72 bits per heavy atom. The van der Waals surface area contributed by atoms with E-state index in [1.54, 1.807) is 40.9 Å². The topological polar surface area (TPSA) is 92.8 Å². The molecule has 0 aliphatic heterocycles. The summed E-state index contributed by atoms with van der Waals surface area (Å²) in [6.07, 6.45) is 2.93. The first-order valence-electron chi connectivity index (χ1n) is 9.67. The van der Waals surface area contributed by atoms with Gasteiger partial charge in [0.25, 0.3) is 0 Å². The van der Waals surface area contributed by atoms with Gasteiger partial charge in [0, 0.05) is 31.8 Å². The molecule has 29 heavy (non-hydrogen) atoms. The van der Waals surface area contributed by atoms with Crippen molar-refractivity contribution in [2.24, 2.45) is 0 Å². The zero-order valence-electron chi connectivity index (χ0n) is 18.1. The Bertz CT molecular complexity index is 723. The van der Waals surface area contributed by atoms with Gasteiger partial charge in [-0.2, -0.15) is 0 Å². The van der Waals surface area contributed by atoms with Crippen LogP contribution >= 0.6 is 0 Å². The van der Waals surface area contributed by atoms with Crippen LogP contribution in [0, 0.1) is 0 Å². The zero-order valence-corrected chi connectivity index (χ0v) is 18.1. The third-order valence-electron chi connectivity index (χ3n) is 4.51. The highest BCUT2D eigenvalue weighted by Gasteiger charge is 2.31. The summed E-state index contributed by atoms with van der Waals surface area (Å²) in [4.78, 5) is 38.7. The molecule has 1 aromatic rings. The van der Waals surface area contributed by atoms with E-state index in [0.29, 0.717) is 12.8 Å². The standard InChI is InChI=1S/C22H33N3O4/c1-16(25(21(28)29)22(2,3)4)20(27)23-18(14-15-19(26)24(5)6)13-12-17-10-8-7-9-11-17/h7-11,14-16,18H,12-13H2,1-6H3,(H,23,27)(H,28,29)/p-1/b15-14+/t16-,18-/m0/s1. The van der Waals surface area contributed by atoms with Crippen LogP contribution in [0.2, 0.25) is 0 Å². The molecule has 3 amide bonds. The van der Waals surface area contributed by atoms with Crippen LogP contribution in [0.3, 0.4) is 0 Å². The Hall–Kier alpha value is -2.83. The van der Waals surface area contributed by atoms with Gasteiger partial charge in [-0.1, -0.05) is 36.4 Å². The second-order valence-electron chi connectivity index (χ2n) is 8.21. The molecule has 0 heterocycles. The molecule has 2 atom stereocenters. The van der Waals surface area contributed by atoms with Crippen molar-refractivity contribution in [3.63, 3.8) is 0 Å². The van der Waals surface area contributed by atoms with Gasteiger partial charge in [-0.3, -0.25) is 9.59 Å². The van der Waals surface area contributed by atoms with Gasteiger partial charge < -0.3 is 25.0 Å². The molecule has 7 nitrogen and oxygen atoms in total. The summed E-state index contributed by atoms with van der Waals surface area (Å²) in [5.41, 5.74) is 0.324. The smallest absolute Gasteiger partial charge is 0.245 e. The molecule has 0 aromatic heterocycles. The van der Waals surface area contributed by atoms with Gasteiger partial charge in [0.05, 0.1) is 0 Å². The van der Waals surface area contributed by atoms with Crippen molar-refractivity contribution < 1.29 is 19.5 Å². The van der Waals surface area contributed by atoms with E-state index in [1.165, 1.54) is 17.9 Å². The molecular weight excluding hydrogens is 370 g/mol. The van der Waals surface area contributed by atoms with E-state index in [0.717, 1.165) is 10.5 Å². The number of rotatable bonds is 8. The Balaban J connectivity index is 2.94. The highest BCUT2D eigenvalue weighted by atomic mass is 16.4. The molecule has 1 N–H and O–H groups in total. The highest BCUT2D eigenvalue weighted by Crippen LogP contribution is 2.17. The Morgan fingerprint density at radius 1 is 1.14 bits per heavy atom. The van der Waals surface area contributed by atoms with E-state index in [-0.39, 0.29) is 5.91 Å². The van der Waals surface area contributed by atoms with Gasteiger partial charge in [0.2, 0.25) is 11.8 Å². The van der Waals surface area contributed by atoms with Gasteiger partial charge in [-0.25, -0.2) is 0 Å². The maximum Gasteiger partial charge on any atom is 0.245 e. The van der Waals surface area contributed by atoms with Gasteiger partial charge in [-0.15, -0.1) is 0 Å². The average Bonchev–Trinajstić information content (AvgIpc) is 2.62. The lowest BCUT2D eigenvalue weighted by Crippen LogP contribution is -2.60. The van der Waals surface area contributed by atoms with Crippen molar-refractivity contribution in [1.29, 1.82) is 0 Å². The van der Waals surface area contributed by atoms with Crippen LogP contribution in [0.1, 0.15) is 39.7 Å². The molecule has 160 valence electrons. The lowest BCUT2D eigenvalue weighted by atomic mass is 10.0. The van der Waals surface area contributed by atoms with Crippen LogP contribution in [0.5, 0.6) is 0 Å². The molecule has 0 spiro atoms. The number of carbonyl (C=O) groups is 3. The van der Waals surface area contributed by atoms with Crippen molar-refractivity contribution in [2.75, 3.05) is 14.1 Å². The molecule has 0 saturated heterocycles. The molecule has 1 rings (SSSR count). The molecule has 0 unspecified atom stereocenters. The second-order valence-corrected chi connectivity index (χ2v) is 8.21. The van der Waals surface area contributed by atoms with E-state index >= 15 is 0 Å². The van der Waals surface area contributed by atoms with E-state index in [9.17, 15) is 19.5 Å². The van der Waals surface area contributed by atoms with Crippen molar-refractivity contribution in [1.82, 2.24) is 15.1 Å². The van der Waals surface area contributed by atoms with Crippen LogP contribution in [0.4, 0.5) is 4.79 Å². The lowest BCUT2D eigenvalue weighted by Gasteiger charge is -2.41. The molecule has 1 aromatic carbocycles. The van der Waals surface area contributed by atoms with E-state index in [1.807, 2.05) is 30.3 Å². The number of hydrogen-bond acceptors (Lipinski definition) is 4. The first kappa shape index (κ1) is 24.2. The van der Waals surface area contributed by atoms with Crippen molar-refractivity contribution in [2.45, 2.75) is 58.2 Å². The lowest BCUT2D eigenvalue weighted by molar-refractivity contribution is -0.272. The van der Waals surface area contributed by atoms with Crippen LogP contribution in [0.15, 0.2) is 42.5 Å². The van der Waals surface area contributed by atoms with Crippen molar-refractivity contribution in [3.05, 3.63) is 48.0 Å². The summed E-state index contributed by atoms with van der Waals surface area (Å²) in [5.74, 6) is -0.632. The minimum absolute atomic E-state index is 0.192. The van der Waals surface area contributed by atoms with Gasteiger partial charge in [-0.05, 0) is 46.1 Å². The van der Waals surface area contributed by atoms with E-state index in [2.05, 4.69) is 5.32 Å². The summed E-state index contributed by atoms with van der Waals surface area (Å²) >= 11 is 0. The summed E-state index contributed by atoms with van der Waals surface area (Å²) in [6, 6.07) is 8.45. The second kappa shape index (κ2) is 10.6. The monoisotopic (exact) mass is 402 g/mol. The van der Waals surface area contributed by atoms with Gasteiger partial charge >= 0.3 is 0 Å². The molecule has 7 heteroatoms. The molecular formula is C22H32N3O4-. The Morgan fingerprint density at radius 3 is 2.21 bits per heavy atom. The summed E-state index contributed by atoms with van der Waals surface area (Å²) < 4.78 is 0. The quantitative estimate of drug-likeness (QED) is 0.668. The maximum atomic E-state index is 12.8. The number of nitrogens with one attached hydrogen (secondary N) is 1. The fraction of sp³-hybridized carbons (Fsp3) is 0.500. The molecule has 0 bridgehead atoms. The highest BCUT2D eigenvalue weighted by molar-refractivity contribution is 5.88. The summed E-state index contributed by atoms with van der Waals surface area (Å²) in [5, 5.41) is 14.4. The van der Waals surface area contributed by atoms with Crippen LogP contribution < -0.4 is 10.4 Å². The third kappa shape index (κ3) is 7.97. The number of carbonyl (C=O) groups excluding carboxylic acids is 3. The number of hydrogen-bond donors (Lipinski definition) is 1. The van der Waals surface area contributed by atoms with Crippen LogP contribution in [-0.4, -0.2) is 59.4 Å². The maximum absolute atomic E-state index is 12.8. The summed E-state index contributed by atoms with van der Waals surface area (Å²) in [7, 11) is 3.29. The first-order chi connectivity index (χ1) is 13.4. The SMILES string of the molecule is C[C@@H](C(=O)N[C@H](/C=C/C(=O)N(C)C)CCc1ccccc1)N(C(=O)[O-])C(C)(C)C. The van der Waals surface area contributed by atoms with Crippen molar-refractivity contribution in [3.8, 4) is 0 Å². The molecule has 0 aliphatic carbocycles. The molecule has 0 radical (unpaired) electrons. The minimum Gasteiger partial charge on any atom is -0.530 e. The predicted molar refractivity (Wildman–Crippen MR) is 111 cm³/mol. The normalized spacial score (nSPS) is 13.6. The van der Waals surface area contributed by atoms with Crippen LogP contribution in [-0.2, 0) is 16.0 Å². The number of benzene rings is 1. The molecule has 0 saturated carbocycles.